The smallest absolute Gasteiger partial charge is 0.410 e. The van der Waals surface area contributed by atoms with E-state index in [9.17, 15) is 4.79 Å². The van der Waals surface area contributed by atoms with Crippen molar-refractivity contribution in [1.82, 2.24) is 0 Å². The molecule has 92 valence electrons. The van der Waals surface area contributed by atoms with Crippen LogP contribution in [0, 0.1) is 0 Å². The predicted molar refractivity (Wildman–Crippen MR) is 68.6 cm³/mol. The van der Waals surface area contributed by atoms with Crippen LogP contribution in [0.4, 0.5) is 4.79 Å². The topological polar surface area (TPSA) is 35.5 Å². The van der Waals surface area contributed by atoms with Gasteiger partial charge in [-0.1, -0.05) is 60.1 Å². The summed E-state index contributed by atoms with van der Waals surface area (Å²) < 4.78 is 9.91. The monoisotopic (exact) mass is 262 g/mol. The summed E-state index contributed by atoms with van der Waals surface area (Å²) in [4.78, 5) is 11.5. The van der Waals surface area contributed by atoms with Gasteiger partial charge in [-0.2, -0.15) is 0 Å². The van der Waals surface area contributed by atoms with Crippen LogP contribution in [0.3, 0.4) is 0 Å². The van der Waals surface area contributed by atoms with Crippen molar-refractivity contribution < 1.29 is 14.3 Å². The number of hydrogen-bond acceptors (Lipinski definition) is 3. The van der Waals surface area contributed by atoms with Gasteiger partial charge in [-0.05, 0) is 12.1 Å². The van der Waals surface area contributed by atoms with Crippen LogP contribution in [0.2, 0.25) is 0 Å². The highest BCUT2D eigenvalue weighted by molar-refractivity contribution is 6.20. The number of rotatable bonds is 3. The molecule has 4 heteroatoms. The summed E-state index contributed by atoms with van der Waals surface area (Å²) in [7, 11) is 0. The SMILES string of the molecule is O=C(Oc1ccccc1)OC(Cl)c1ccccc1. The summed E-state index contributed by atoms with van der Waals surface area (Å²) >= 11 is 5.94. The fourth-order valence-electron chi connectivity index (χ4n) is 1.37. The number of carbonyl (C=O) groups is 1. The van der Waals surface area contributed by atoms with Crippen LogP contribution in [-0.2, 0) is 4.74 Å². The first-order valence-corrected chi connectivity index (χ1v) is 5.82. The molecule has 0 spiro atoms. The molecule has 3 nitrogen and oxygen atoms in total. The average molecular weight is 263 g/mol. The van der Waals surface area contributed by atoms with Crippen molar-refractivity contribution in [3.8, 4) is 5.75 Å². The van der Waals surface area contributed by atoms with Gasteiger partial charge in [0.25, 0.3) is 0 Å². The highest BCUT2D eigenvalue weighted by atomic mass is 35.5. The Kier molecular flexibility index (Phi) is 4.20. The lowest BCUT2D eigenvalue weighted by molar-refractivity contribution is 0.0871. The Bertz CT molecular complexity index is 499. The van der Waals surface area contributed by atoms with Gasteiger partial charge in [0.1, 0.15) is 5.75 Å². The maximum atomic E-state index is 11.5. The largest absolute Gasteiger partial charge is 0.515 e. The van der Waals surface area contributed by atoms with Crippen molar-refractivity contribution in [2.45, 2.75) is 5.56 Å². The van der Waals surface area contributed by atoms with Gasteiger partial charge in [-0.25, -0.2) is 4.79 Å². The number of carbonyl (C=O) groups excluding carboxylic acids is 1. The number of para-hydroxylation sites is 1. The van der Waals surface area contributed by atoms with E-state index in [0.29, 0.717) is 11.3 Å². The molecule has 18 heavy (non-hydrogen) atoms. The molecule has 0 fully saturated rings. The molecule has 0 N–H and O–H groups in total. The van der Waals surface area contributed by atoms with Crippen LogP contribution in [0.15, 0.2) is 60.7 Å². The van der Waals surface area contributed by atoms with Crippen molar-refractivity contribution in [2.75, 3.05) is 0 Å². The molecule has 2 aromatic rings. The third kappa shape index (κ3) is 3.50. The zero-order chi connectivity index (χ0) is 12.8. The van der Waals surface area contributed by atoms with Gasteiger partial charge >= 0.3 is 6.16 Å². The standard InChI is InChI=1S/C14H11ClO3/c15-13(11-7-3-1-4-8-11)18-14(16)17-12-9-5-2-6-10-12/h1-10,13H. The molecule has 0 saturated carbocycles. The lowest BCUT2D eigenvalue weighted by atomic mass is 10.2. The number of hydrogen-bond donors (Lipinski definition) is 0. The first-order valence-electron chi connectivity index (χ1n) is 5.38. The Hall–Kier alpha value is -2.00. The van der Waals surface area contributed by atoms with E-state index in [1.54, 1.807) is 36.4 Å². The van der Waals surface area contributed by atoms with E-state index in [0.717, 1.165) is 0 Å². The quantitative estimate of drug-likeness (QED) is 0.474. The van der Waals surface area contributed by atoms with Gasteiger partial charge in [-0.15, -0.1) is 0 Å². The molecule has 0 bridgehead atoms. The lowest BCUT2D eigenvalue weighted by Gasteiger charge is -2.11. The van der Waals surface area contributed by atoms with Crippen molar-refractivity contribution >= 4 is 17.8 Å². The molecule has 1 atom stereocenters. The van der Waals surface area contributed by atoms with E-state index in [1.807, 2.05) is 24.3 Å². The minimum atomic E-state index is -0.859. The zero-order valence-electron chi connectivity index (χ0n) is 9.45. The second-order valence-electron chi connectivity index (χ2n) is 3.51. The molecule has 0 aromatic heterocycles. The highest BCUT2D eigenvalue weighted by Gasteiger charge is 2.14. The number of ether oxygens (including phenoxy) is 2. The van der Waals surface area contributed by atoms with Crippen LogP contribution in [0.25, 0.3) is 0 Å². The summed E-state index contributed by atoms with van der Waals surface area (Å²) in [5.74, 6) is 0.416. The Balaban J connectivity index is 1.92. The van der Waals surface area contributed by atoms with Crippen LogP contribution in [0.1, 0.15) is 11.1 Å². The molecule has 0 aliphatic rings. The Morgan fingerprint density at radius 2 is 1.50 bits per heavy atom. The normalized spacial score (nSPS) is 11.6. The summed E-state index contributed by atoms with van der Waals surface area (Å²) in [6, 6.07) is 17.7. The maximum Gasteiger partial charge on any atom is 0.515 e. The molecule has 0 aliphatic carbocycles. The zero-order valence-corrected chi connectivity index (χ0v) is 10.2. The Morgan fingerprint density at radius 1 is 0.944 bits per heavy atom. The van der Waals surface area contributed by atoms with Crippen LogP contribution in [-0.4, -0.2) is 6.16 Å². The van der Waals surface area contributed by atoms with Gasteiger partial charge in [0.2, 0.25) is 5.56 Å². The second kappa shape index (κ2) is 6.07. The van der Waals surface area contributed by atoms with Crippen molar-refractivity contribution in [1.29, 1.82) is 0 Å². The van der Waals surface area contributed by atoms with Gasteiger partial charge < -0.3 is 9.47 Å². The summed E-state index contributed by atoms with van der Waals surface area (Å²) in [6.45, 7) is 0. The molecule has 1 unspecified atom stereocenters. The van der Waals surface area contributed by atoms with E-state index in [2.05, 4.69) is 0 Å². The summed E-state index contributed by atoms with van der Waals surface area (Å²) in [5.41, 5.74) is -0.161. The molecular formula is C14H11ClO3. The molecule has 2 rings (SSSR count). The van der Waals surface area contributed by atoms with Crippen molar-refractivity contribution in [3.05, 3.63) is 66.2 Å². The predicted octanol–water partition coefficient (Wildman–Crippen LogP) is 4.14. The first kappa shape index (κ1) is 12.5. The van der Waals surface area contributed by atoms with E-state index in [-0.39, 0.29) is 0 Å². The molecular weight excluding hydrogens is 252 g/mol. The minimum absolute atomic E-state index is 0.416. The maximum absolute atomic E-state index is 11.5. The van der Waals surface area contributed by atoms with Crippen molar-refractivity contribution in [2.24, 2.45) is 0 Å². The summed E-state index contributed by atoms with van der Waals surface area (Å²) in [6.07, 6.45) is -0.829. The van der Waals surface area contributed by atoms with Gasteiger partial charge in [0.15, 0.2) is 0 Å². The van der Waals surface area contributed by atoms with Gasteiger partial charge in [-0.3, -0.25) is 0 Å². The van der Waals surface area contributed by atoms with E-state index in [4.69, 9.17) is 21.1 Å². The fraction of sp³-hybridized carbons (Fsp3) is 0.0714. The Labute approximate surface area is 110 Å². The molecule has 0 saturated heterocycles. The Morgan fingerprint density at radius 3 is 2.11 bits per heavy atom. The number of alkyl halides is 1. The van der Waals surface area contributed by atoms with E-state index >= 15 is 0 Å². The summed E-state index contributed by atoms with van der Waals surface area (Å²) in [5, 5.41) is 0. The van der Waals surface area contributed by atoms with Crippen LogP contribution in [0.5, 0.6) is 5.75 Å². The fourth-order valence-corrected chi connectivity index (χ4v) is 1.58. The van der Waals surface area contributed by atoms with Crippen LogP contribution < -0.4 is 4.74 Å². The van der Waals surface area contributed by atoms with E-state index in [1.165, 1.54) is 0 Å². The highest BCUT2D eigenvalue weighted by Crippen LogP contribution is 2.22. The second-order valence-corrected chi connectivity index (χ2v) is 3.91. The molecule has 2 aromatic carbocycles. The van der Waals surface area contributed by atoms with Crippen LogP contribution >= 0.6 is 11.6 Å². The van der Waals surface area contributed by atoms with E-state index < -0.39 is 11.7 Å². The first-order chi connectivity index (χ1) is 8.75. The van der Waals surface area contributed by atoms with Gasteiger partial charge in [0, 0.05) is 5.56 Å². The average Bonchev–Trinajstić information content (AvgIpc) is 2.40. The number of halogens is 1. The third-order valence-corrected chi connectivity index (χ3v) is 2.55. The van der Waals surface area contributed by atoms with Gasteiger partial charge in [0.05, 0.1) is 0 Å². The minimum Gasteiger partial charge on any atom is -0.410 e. The molecule has 0 amide bonds. The molecule has 0 radical (unpaired) electrons. The van der Waals surface area contributed by atoms with Crippen molar-refractivity contribution in [3.63, 3.8) is 0 Å². The molecule has 0 heterocycles. The number of benzene rings is 2. The lowest BCUT2D eigenvalue weighted by Crippen LogP contribution is -2.12. The third-order valence-electron chi connectivity index (χ3n) is 2.21. The molecule has 0 aliphatic heterocycles.